The number of nitrogens with zero attached hydrogens (tertiary/aromatic N) is 5. The first-order chi connectivity index (χ1) is 16.5. The largest absolute Gasteiger partial charge is 0.383 e. The van der Waals surface area contributed by atoms with Gasteiger partial charge in [0.15, 0.2) is 0 Å². The average molecular weight is 461 g/mol. The number of carbonyl (C=O) groups excluding carboxylic acids is 1. The molecule has 0 aliphatic rings. The van der Waals surface area contributed by atoms with Gasteiger partial charge >= 0.3 is 0 Å². The summed E-state index contributed by atoms with van der Waals surface area (Å²) in [5, 5.41) is 6.97. The molecule has 1 amide bonds. The van der Waals surface area contributed by atoms with E-state index in [9.17, 15) is 9.18 Å². The van der Waals surface area contributed by atoms with E-state index >= 15 is 0 Å². The van der Waals surface area contributed by atoms with Crippen LogP contribution in [0.15, 0.2) is 61.3 Å². The number of benzene rings is 1. The molecule has 4 rings (SSSR count). The van der Waals surface area contributed by atoms with Crippen molar-refractivity contribution in [1.82, 2.24) is 24.7 Å². The molecule has 8 nitrogen and oxygen atoms in total. The Labute approximate surface area is 196 Å². The van der Waals surface area contributed by atoms with E-state index in [0.29, 0.717) is 47.9 Å². The van der Waals surface area contributed by atoms with Gasteiger partial charge in [-0.1, -0.05) is 18.2 Å². The number of aryl methyl sites for hydroxylation is 1. The van der Waals surface area contributed by atoms with Gasteiger partial charge in [-0.25, -0.2) is 19.3 Å². The number of anilines is 1. The number of hydrogen-bond donors (Lipinski definition) is 1. The van der Waals surface area contributed by atoms with E-state index < -0.39 is 5.82 Å². The fourth-order valence-electron chi connectivity index (χ4n) is 3.35. The van der Waals surface area contributed by atoms with Gasteiger partial charge in [0, 0.05) is 43.9 Å². The number of carbonyl (C=O) groups is 1. The van der Waals surface area contributed by atoms with Crippen molar-refractivity contribution in [1.29, 1.82) is 0 Å². The zero-order valence-electron chi connectivity index (χ0n) is 19.0. The first-order valence-electron chi connectivity index (χ1n) is 10.8. The number of methoxy groups -OCH3 is 1. The van der Waals surface area contributed by atoms with Crippen LogP contribution < -0.4 is 5.32 Å². The fourth-order valence-corrected chi connectivity index (χ4v) is 3.35. The summed E-state index contributed by atoms with van der Waals surface area (Å²) in [5.41, 5.74) is 3.62. The number of amides is 1. The molecule has 1 N–H and O–H groups in total. The monoisotopic (exact) mass is 460 g/mol. The van der Waals surface area contributed by atoms with Gasteiger partial charge in [-0.15, -0.1) is 0 Å². The van der Waals surface area contributed by atoms with Crippen molar-refractivity contribution in [2.75, 3.05) is 19.0 Å². The molecule has 0 radical (unpaired) electrons. The van der Waals surface area contributed by atoms with Crippen LogP contribution >= 0.6 is 0 Å². The van der Waals surface area contributed by atoms with Gasteiger partial charge in [-0.05, 0) is 41.3 Å². The summed E-state index contributed by atoms with van der Waals surface area (Å²) in [5.74, 6) is 0.291. The van der Waals surface area contributed by atoms with Crippen molar-refractivity contribution in [2.45, 2.75) is 26.3 Å². The molecule has 0 aliphatic carbocycles. The van der Waals surface area contributed by atoms with Crippen LogP contribution in [-0.2, 0) is 28.9 Å². The quantitative estimate of drug-likeness (QED) is 0.410. The first-order valence-corrected chi connectivity index (χ1v) is 10.8. The molecule has 3 heterocycles. The number of aromatic nitrogens is 5. The number of nitrogens with one attached hydrogen (secondary N) is 1. The van der Waals surface area contributed by atoms with Crippen LogP contribution in [0.5, 0.6) is 0 Å². The maximum atomic E-state index is 14.7. The molecule has 0 atom stereocenters. The van der Waals surface area contributed by atoms with Crippen LogP contribution in [-0.4, -0.2) is 44.4 Å². The molecule has 1 aromatic carbocycles. The van der Waals surface area contributed by atoms with Gasteiger partial charge < -0.3 is 10.1 Å². The molecule has 0 fully saturated rings. The van der Waals surface area contributed by atoms with Gasteiger partial charge in [0.25, 0.3) is 0 Å². The lowest BCUT2D eigenvalue weighted by molar-refractivity contribution is -0.115. The van der Waals surface area contributed by atoms with Crippen LogP contribution in [0.1, 0.15) is 22.5 Å². The van der Waals surface area contributed by atoms with E-state index in [1.54, 1.807) is 50.1 Å². The topological polar surface area (TPSA) is 94.8 Å². The summed E-state index contributed by atoms with van der Waals surface area (Å²) in [6.45, 7) is 3.19. The minimum atomic E-state index is -0.461. The van der Waals surface area contributed by atoms with E-state index in [1.807, 2.05) is 23.9 Å². The van der Waals surface area contributed by atoms with Gasteiger partial charge in [0.1, 0.15) is 17.5 Å². The van der Waals surface area contributed by atoms with Gasteiger partial charge in [-0.3, -0.25) is 9.48 Å². The lowest BCUT2D eigenvalue weighted by atomic mass is 10.0. The Morgan fingerprint density at radius 1 is 1.06 bits per heavy atom. The maximum absolute atomic E-state index is 14.7. The number of ether oxygens (including phenoxy) is 1. The highest BCUT2D eigenvalue weighted by molar-refractivity contribution is 5.91. The third-order valence-corrected chi connectivity index (χ3v) is 5.20. The molecule has 0 saturated carbocycles. The average Bonchev–Trinajstić information content (AvgIpc) is 3.28. The Hall–Kier alpha value is -3.98. The number of rotatable bonds is 9. The molecule has 0 unspecified atom stereocenters. The van der Waals surface area contributed by atoms with Crippen LogP contribution in [0.2, 0.25) is 0 Å². The standard InChI is InChI=1S/C25H25FN6O2/c1-17-3-6-23(27-12-17)31-25(33)11-20-5-4-19(10-22(20)26)21-14-28-24(29-15-21)9-18-13-30-32(16-18)7-8-34-2/h3-6,10,12-16H,7-9,11H2,1-2H3,(H,27,31,33). The predicted molar refractivity (Wildman–Crippen MR) is 126 cm³/mol. The Balaban J connectivity index is 1.37. The lowest BCUT2D eigenvalue weighted by Gasteiger charge is -2.08. The van der Waals surface area contributed by atoms with Crippen molar-refractivity contribution in [3.8, 4) is 11.1 Å². The molecule has 0 saturated heterocycles. The first kappa shape index (κ1) is 23.2. The van der Waals surface area contributed by atoms with Crippen LogP contribution in [0, 0.1) is 12.7 Å². The summed E-state index contributed by atoms with van der Waals surface area (Å²) >= 11 is 0. The van der Waals surface area contributed by atoms with Crippen molar-refractivity contribution >= 4 is 11.7 Å². The molecule has 3 aromatic heterocycles. The van der Waals surface area contributed by atoms with Crippen LogP contribution in [0.25, 0.3) is 11.1 Å². The maximum Gasteiger partial charge on any atom is 0.230 e. The van der Waals surface area contributed by atoms with E-state index in [-0.39, 0.29) is 12.3 Å². The van der Waals surface area contributed by atoms with E-state index in [2.05, 4.69) is 25.4 Å². The molecule has 34 heavy (non-hydrogen) atoms. The zero-order valence-corrected chi connectivity index (χ0v) is 19.0. The molecule has 9 heteroatoms. The molecule has 0 spiro atoms. The Morgan fingerprint density at radius 2 is 1.88 bits per heavy atom. The SMILES string of the molecule is COCCn1cc(Cc2ncc(-c3ccc(CC(=O)Nc4ccc(C)cn4)c(F)c3)cn2)cn1. The lowest BCUT2D eigenvalue weighted by Crippen LogP contribution is -2.16. The van der Waals surface area contributed by atoms with Crippen molar-refractivity contribution < 1.29 is 13.9 Å². The Kier molecular flexibility index (Phi) is 7.34. The Morgan fingerprint density at radius 3 is 2.59 bits per heavy atom. The summed E-state index contributed by atoms with van der Waals surface area (Å²) in [6.07, 6.45) is 9.18. The smallest absolute Gasteiger partial charge is 0.230 e. The number of pyridine rings is 1. The Bertz CT molecular complexity index is 1260. The van der Waals surface area contributed by atoms with E-state index in [0.717, 1.165) is 11.1 Å². The van der Waals surface area contributed by atoms with Gasteiger partial charge in [-0.2, -0.15) is 5.10 Å². The van der Waals surface area contributed by atoms with Crippen molar-refractivity contribution in [3.63, 3.8) is 0 Å². The molecular formula is C25H25FN6O2. The number of hydrogen-bond acceptors (Lipinski definition) is 6. The summed E-state index contributed by atoms with van der Waals surface area (Å²) in [7, 11) is 1.65. The van der Waals surface area contributed by atoms with E-state index in [4.69, 9.17) is 4.74 Å². The minimum absolute atomic E-state index is 0.0881. The minimum Gasteiger partial charge on any atom is -0.383 e. The zero-order chi connectivity index (χ0) is 23.9. The summed E-state index contributed by atoms with van der Waals surface area (Å²) in [6, 6.07) is 8.32. The normalized spacial score (nSPS) is 10.9. The second kappa shape index (κ2) is 10.8. The fraction of sp³-hybridized carbons (Fsp3) is 0.240. The molecular weight excluding hydrogens is 435 g/mol. The highest BCUT2D eigenvalue weighted by atomic mass is 19.1. The van der Waals surface area contributed by atoms with Crippen LogP contribution in [0.3, 0.4) is 0 Å². The molecule has 0 bridgehead atoms. The van der Waals surface area contributed by atoms with Crippen molar-refractivity contribution in [2.24, 2.45) is 0 Å². The number of halogens is 1. The summed E-state index contributed by atoms with van der Waals surface area (Å²) < 4.78 is 21.6. The van der Waals surface area contributed by atoms with Gasteiger partial charge in [0.2, 0.25) is 5.91 Å². The molecule has 4 aromatic rings. The highest BCUT2D eigenvalue weighted by Crippen LogP contribution is 2.22. The predicted octanol–water partition coefficient (Wildman–Crippen LogP) is 3.60. The van der Waals surface area contributed by atoms with Gasteiger partial charge in [0.05, 0.1) is 25.8 Å². The highest BCUT2D eigenvalue weighted by Gasteiger charge is 2.11. The van der Waals surface area contributed by atoms with E-state index in [1.165, 1.54) is 6.07 Å². The summed E-state index contributed by atoms with van der Waals surface area (Å²) in [4.78, 5) is 25.2. The molecule has 174 valence electrons. The third kappa shape index (κ3) is 6.08. The second-order valence-corrected chi connectivity index (χ2v) is 7.92. The molecule has 0 aliphatic heterocycles. The van der Waals surface area contributed by atoms with Crippen LogP contribution in [0.4, 0.5) is 10.2 Å². The van der Waals surface area contributed by atoms with Crippen molar-refractivity contribution in [3.05, 3.63) is 89.6 Å². The third-order valence-electron chi connectivity index (χ3n) is 5.20. The second-order valence-electron chi connectivity index (χ2n) is 7.92.